The molecule has 24 heavy (non-hydrogen) atoms. The van der Waals surface area contributed by atoms with Gasteiger partial charge in [-0.3, -0.25) is 9.59 Å². The number of carbonyl (C=O) groups is 2. The maximum atomic E-state index is 12.4. The average molecular weight is 358 g/mol. The van der Waals surface area contributed by atoms with Crippen molar-refractivity contribution in [3.63, 3.8) is 0 Å². The number of rotatable bonds is 8. The van der Waals surface area contributed by atoms with Gasteiger partial charge >= 0.3 is 5.97 Å². The number of carboxylic acids is 1. The van der Waals surface area contributed by atoms with Crippen LogP contribution < -0.4 is 14.8 Å². The fourth-order valence-electron chi connectivity index (χ4n) is 1.85. The molecule has 0 radical (unpaired) electrons. The molecule has 3 N–H and O–H groups in total. The van der Waals surface area contributed by atoms with Crippen LogP contribution in [0.4, 0.5) is 0 Å². The van der Waals surface area contributed by atoms with Gasteiger partial charge in [-0.15, -0.1) is 0 Å². The Morgan fingerprint density at radius 1 is 1.12 bits per heavy atom. The number of ether oxygens (including phenoxy) is 1. The lowest BCUT2D eigenvalue weighted by Crippen LogP contribution is -2.52. The molecule has 0 bridgehead atoms. The molecule has 0 fully saturated rings. The molecule has 0 unspecified atom stereocenters. The van der Waals surface area contributed by atoms with E-state index in [9.17, 15) is 18.0 Å². The van der Waals surface area contributed by atoms with Crippen LogP contribution in [0.25, 0.3) is 0 Å². The van der Waals surface area contributed by atoms with E-state index in [1.807, 2.05) is 0 Å². The Bertz CT molecular complexity index is 684. The summed E-state index contributed by atoms with van der Waals surface area (Å²) in [6.07, 6.45) is 0. The molecule has 1 aromatic carbocycles. The van der Waals surface area contributed by atoms with E-state index in [2.05, 4.69) is 10.0 Å². The Kier molecular flexibility index (Phi) is 6.73. The van der Waals surface area contributed by atoms with Crippen LogP contribution in [-0.2, 0) is 19.6 Å². The Labute approximate surface area is 141 Å². The number of carboxylic acid groups (broad SMARTS) is 1. The number of hydrogen-bond acceptors (Lipinski definition) is 5. The molecular formula is C15H22N2O6S. The molecule has 1 aromatic rings. The topological polar surface area (TPSA) is 122 Å². The minimum atomic E-state index is -3.94. The van der Waals surface area contributed by atoms with Gasteiger partial charge in [0.2, 0.25) is 15.9 Å². The lowest BCUT2D eigenvalue weighted by molar-refractivity contribution is -0.141. The summed E-state index contributed by atoms with van der Waals surface area (Å²) in [7, 11) is -2.48. The normalized spacial score (nSPS) is 14.0. The second-order valence-electron chi connectivity index (χ2n) is 5.59. The summed E-state index contributed by atoms with van der Waals surface area (Å²) in [6, 6.07) is 3.48. The first-order chi connectivity index (χ1) is 11.1. The van der Waals surface area contributed by atoms with Crippen molar-refractivity contribution in [3.05, 3.63) is 24.3 Å². The van der Waals surface area contributed by atoms with Gasteiger partial charge in [0.05, 0.1) is 12.0 Å². The largest absolute Gasteiger partial charge is 0.497 e. The zero-order valence-electron chi connectivity index (χ0n) is 13.9. The SMILES string of the molecule is COc1ccc(S(=O)(=O)N[C@H](C(=O)N[C@H](C)C(=O)O)C(C)C)cc1. The maximum Gasteiger partial charge on any atom is 0.325 e. The van der Waals surface area contributed by atoms with E-state index < -0.39 is 34.0 Å². The molecule has 1 amide bonds. The summed E-state index contributed by atoms with van der Waals surface area (Å²) in [4.78, 5) is 23.0. The first kappa shape index (κ1) is 19.9. The van der Waals surface area contributed by atoms with Gasteiger partial charge in [-0.2, -0.15) is 4.72 Å². The predicted molar refractivity (Wildman–Crippen MR) is 87.2 cm³/mol. The van der Waals surface area contributed by atoms with Gasteiger partial charge in [-0.05, 0) is 37.1 Å². The molecule has 0 heterocycles. The standard InChI is InChI=1S/C15H22N2O6S/c1-9(2)13(14(18)16-10(3)15(19)20)17-24(21,22)12-7-5-11(23-4)6-8-12/h5-10,13,17H,1-4H3,(H,16,18)(H,19,20)/t10-,13+/m1/s1. The first-order valence-electron chi connectivity index (χ1n) is 7.28. The number of amides is 1. The lowest BCUT2D eigenvalue weighted by atomic mass is 10.0. The summed E-state index contributed by atoms with van der Waals surface area (Å²) in [5.41, 5.74) is 0. The van der Waals surface area contributed by atoms with Gasteiger partial charge < -0.3 is 15.2 Å². The third kappa shape index (κ3) is 5.20. The van der Waals surface area contributed by atoms with Crippen molar-refractivity contribution in [1.29, 1.82) is 0 Å². The summed E-state index contributed by atoms with van der Waals surface area (Å²) in [6.45, 7) is 4.62. The van der Waals surface area contributed by atoms with Crippen molar-refractivity contribution in [2.75, 3.05) is 7.11 Å². The van der Waals surface area contributed by atoms with Crippen molar-refractivity contribution in [3.8, 4) is 5.75 Å². The van der Waals surface area contributed by atoms with E-state index >= 15 is 0 Å². The highest BCUT2D eigenvalue weighted by atomic mass is 32.2. The summed E-state index contributed by atoms with van der Waals surface area (Å²) in [5, 5.41) is 11.1. The fourth-order valence-corrected chi connectivity index (χ4v) is 3.19. The molecule has 1 rings (SSSR count). The van der Waals surface area contributed by atoms with Gasteiger partial charge in [0.15, 0.2) is 0 Å². The third-order valence-corrected chi connectivity index (χ3v) is 4.79. The maximum absolute atomic E-state index is 12.4. The minimum Gasteiger partial charge on any atom is -0.497 e. The van der Waals surface area contributed by atoms with Crippen LogP contribution in [-0.4, -0.2) is 44.6 Å². The number of methoxy groups -OCH3 is 1. The second-order valence-corrected chi connectivity index (χ2v) is 7.30. The van der Waals surface area contributed by atoms with E-state index in [1.54, 1.807) is 13.8 Å². The summed E-state index contributed by atoms with van der Waals surface area (Å²) in [5.74, 6) is -1.78. The average Bonchev–Trinajstić information content (AvgIpc) is 2.52. The van der Waals surface area contributed by atoms with Gasteiger partial charge in [0.1, 0.15) is 17.8 Å². The Hall–Kier alpha value is -2.13. The highest BCUT2D eigenvalue weighted by molar-refractivity contribution is 7.89. The predicted octanol–water partition coefficient (Wildman–Crippen LogP) is 0.587. The lowest BCUT2D eigenvalue weighted by Gasteiger charge is -2.22. The molecule has 0 aliphatic heterocycles. The second kappa shape index (κ2) is 8.11. The summed E-state index contributed by atoms with van der Waals surface area (Å²) >= 11 is 0. The molecule has 0 aliphatic carbocycles. The van der Waals surface area contributed by atoms with E-state index in [1.165, 1.54) is 38.3 Å². The van der Waals surface area contributed by atoms with Crippen LogP contribution in [0, 0.1) is 5.92 Å². The third-order valence-electron chi connectivity index (χ3n) is 3.33. The quantitative estimate of drug-likeness (QED) is 0.625. The molecule has 0 aliphatic rings. The number of sulfonamides is 1. The van der Waals surface area contributed by atoms with Gasteiger partial charge in [0, 0.05) is 0 Å². The number of nitrogens with one attached hydrogen (secondary N) is 2. The molecule has 0 saturated carbocycles. The summed E-state index contributed by atoms with van der Waals surface area (Å²) < 4.78 is 32.1. The molecule has 0 aromatic heterocycles. The zero-order valence-corrected chi connectivity index (χ0v) is 14.8. The van der Waals surface area contributed by atoms with Crippen LogP contribution >= 0.6 is 0 Å². The van der Waals surface area contributed by atoms with E-state index in [4.69, 9.17) is 9.84 Å². The van der Waals surface area contributed by atoms with Crippen LogP contribution in [0.15, 0.2) is 29.2 Å². The van der Waals surface area contributed by atoms with Crippen LogP contribution in [0.2, 0.25) is 0 Å². The van der Waals surface area contributed by atoms with Crippen molar-refractivity contribution in [2.24, 2.45) is 5.92 Å². The van der Waals surface area contributed by atoms with Crippen LogP contribution in [0.1, 0.15) is 20.8 Å². The first-order valence-corrected chi connectivity index (χ1v) is 8.76. The Balaban J connectivity index is 2.97. The molecule has 0 saturated heterocycles. The fraction of sp³-hybridized carbons (Fsp3) is 0.467. The molecule has 8 nitrogen and oxygen atoms in total. The van der Waals surface area contributed by atoms with Gasteiger partial charge in [-0.25, -0.2) is 8.42 Å². The van der Waals surface area contributed by atoms with Crippen molar-refractivity contribution >= 4 is 21.9 Å². The molecular weight excluding hydrogens is 336 g/mol. The molecule has 0 spiro atoms. The number of hydrogen-bond donors (Lipinski definition) is 3. The highest BCUT2D eigenvalue weighted by Crippen LogP contribution is 2.16. The zero-order chi connectivity index (χ0) is 18.5. The van der Waals surface area contributed by atoms with Crippen LogP contribution in [0.5, 0.6) is 5.75 Å². The van der Waals surface area contributed by atoms with Crippen molar-refractivity contribution < 1.29 is 27.9 Å². The number of benzene rings is 1. The Morgan fingerprint density at radius 3 is 2.08 bits per heavy atom. The molecule has 134 valence electrons. The monoisotopic (exact) mass is 358 g/mol. The molecule has 2 atom stereocenters. The van der Waals surface area contributed by atoms with Gasteiger partial charge in [0.25, 0.3) is 0 Å². The molecule has 9 heteroatoms. The smallest absolute Gasteiger partial charge is 0.325 e. The highest BCUT2D eigenvalue weighted by Gasteiger charge is 2.30. The van der Waals surface area contributed by atoms with E-state index in [0.717, 1.165) is 0 Å². The Morgan fingerprint density at radius 2 is 1.67 bits per heavy atom. The van der Waals surface area contributed by atoms with Crippen molar-refractivity contribution in [2.45, 2.75) is 37.8 Å². The number of carbonyl (C=O) groups excluding carboxylic acids is 1. The minimum absolute atomic E-state index is 0.0203. The van der Waals surface area contributed by atoms with Crippen LogP contribution in [0.3, 0.4) is 0 Å². The van der Waals surface area contributed by atoms with E-state index in [-0.39, 0.29) is 10.8 Å². The van der Waals surface area contributed by atoms with Gasteiger partial charge in [-0.1, -0.05) is 13.8 Å². The number of aliphatic carboxylic acids is 1. The van der Waals surface area contributed by atoms with E-state index in [0.29, 0.717) is 5.75 Å². The van der Waals surface area contributed by atoms with Crippen molar-refractivity contribution in [1.82, 2.24) is 10.0 Å².